The van der Waals surface area contributed by atoms with E-state index in [9.17, 15) is 9.18 Å². The number of carbonyl (C=O) groups excluding carboxylic acids is 1. The number of halogens is 1. The highest BCUT2D eigenvalue weighted by molar-refractivity contribution is 5.86. The highest BCUT2D eigenvalue weighted by Crippen LogP contribution is 2.22. The van der Waals surface area contributed by atoms with E-state index in [1.165, 1.54) is 12.1 Å². The van der Waals surface area contributed by atoms with Gasteiger partial charge < -0.3 is 16.0 Å². The van der Waals surface area contributed by atoms with Gasteiger partial charge in [0, 0.05) is 18.3 Å². The molecule has 3 N–H and O–H groups in total. The maximum atomic E-state index is 13.0. The minimum Gasteiger partial charge on any atom is -0.359 e. The van der Waals surface area contributed by atoms with E-state index in [-0.39, 0.29) is 23.8 Å². The van der Waals surface area contributed by atoms with Crippen LogP contribution in [0, 0.1) is 5.82 Å². The normalized spacial score (nSPS) is 23.9. The minimum atomic E-state index is -0.277. The van der Waals surface area contributed by atoms with Crippen LogP contribution in [-0.2, 0) is 4.79 Å². The third-order valence-electron chi connectivity index (χ3n) is 3.47. The summed E-state index contributed by atoms with van der Waals surface area (Å²) >= 11 is 0. The largest absolute Gasteiger partial charge is 0.359 e. The first-order chi connectivity index (χ1) is 9.11. The van der Waals surface area contributed by atoms with Gasteiger partial charge in [0.1, 0.15) is 11.9 Å². The Balaban J connectivity index is 2.27. The lowest BCUT2D eigenvalue weighted by atomic mass is 10.1. The number of hydrogen-bond donors (Lipinski definition) is 2. The second-order valence-electron chi connectivity index (χ2n) is 4.96. The number of rotatable bonds is 3. The number of nitrogens with two attached hydrogens (primary N) is 1. The molecule has 1 aromatic carbocycles. The summed E-state index contributed by atoms with van der Waals surface area (Å²) in [6, 6.07) is 6.13. The zero-order chi connectivity index (χ0) is 13.8. The molecule has 1 saturated heterocycles. The van der Waals surface area contributed by atoms with Crippen LogP contribution in [0.25, 0.3) is 0 Å². The molecule has 1 aliphatic rings. The van der Waals surface area contributed by atoms with Crippen molar-refractivity contribution in [3.63, 3.8) is 0 Å². The Hall–Kier alpha value is -1.62. The molecule has 1 heterocycles. The number of nitrogens with zero attached hydrogens (tertiary/aromatic N) is 1. The van der Waals surface area contributed by atoms with Crippen molar-refractivity contribution in [3.05, 3.63) is 30.1 Å². The van der Waals surface area contributed by atoms with Gasteiger partial charge in [-0.25, -0.2) is 4.39 Å². The third kappa shape index (κ3) is 3.23. The molecule has 0 saturated carbocycles. The van der Waals surface area contributed by atoms with Crippen molar-refractivity contribution in [3.8, 4) is 0 Å². The van der Waals surface area contributed by atoms with Gasteiger partial charge in [-0.1, -0.05) is 0 Å². The van der Waals surface area contributed by atoms with Crippen LogP contribution < -0.4 is 16.0 Å². The fourth-order valence-corrected chi connectivity index (χ4v) is 2.43. The molecule has 2 unspecified atom stereocenters. The molecular formula is C14H20FN3O. The summed E-state index contributed by atoms with van der Waals surface area (Å²) in [6.45, 7) is 3.20. The van der Waals surface area contributed by atoms with Gasteiger partial charge in [0.25, 0.3) is 0 Å². The summed E-state index contributed by atoms with van der Waals surface area (Å²) in [7, 11) is 0. The van der Waals surface area contributed by atoms with Crippen LogP contribution in [0.4, 0.5) is 10.1 Å². The minimum absolute atomic E-state index is 0.000208. The first-order valence-electron chi connectivity index (χ1n) is 6.64. The zero-order valence-electron chi connectivity index (χ0n) is 11.1. The second kappa shape index (κ2) is 6.02. The molecule has 0 aliphatic carbocycles. The summed E-state index contributed by atoms with van der Waals surface area (Å²) < 4.78 is 13.0. The Morgan fingerprint density at radius 2 is 2.11 bits per heavy atom. The Labute approximate surface area is 112 Å². The first-order valence-corrected chi connectivity index (χ1v) is 6.64. The van der Waals surface area contributed by atoms with Crippen molar-refractivity contribution < 1.29 is 9.18 Å². The van der Waals surface area contributed by atoms with Crippen LogP contribution in [0.2, 0.25) is 0 Å². The molecule has 1 aromatic rings. The summed E-state index contributed by atoms with van der Waals surface area (Å²) in [5.74, 6) is -0.272. The van der Waals surface area contributed by atoms with Gasteiger partial charge in [0.2, 0.25) is 5.91 Å². The molecule has 0 bridgehead atoms. The number of nitrogens with one attached hydrogen (secondary N) is 1. The van der Waals surface area contributed by atoms with E-state index in [4.69, 9.17) is 5.73 Å². The van der Waals surface area contributed by atoms with Crippen LogP contribution in [0.1, 0.15) is 19.8 Å². The molecule has 19 heavy (non-hydrogen) atoms. The third-order valence-corrected chi connectivity index (χ3v) is 3.47. The predicted octanol–water partition coefficient (Wildman–Crippen LogP) is 1.26. The van der Waals surface area contributed by atoms with Gasteiger partial charge in [-0.2, -0.15) is 0 Å². The average Bonchev–Trinajstić information content (AvgIpc) is 2.51. The van der Waals surface area contributed by atoms with E-state index in [2.05, 4.69) is 5.32 Å². The zero-order valence-corrected chi connectivity index (χ0v) is 11.1. The van der Waals surface area contributed by atoms with Gasteiger partial charge in [0.15, 0.2) is 0 Å². The fourth-order valence-electron chi connectivity index (χ4n) is 2.43. The summed E-state index contributed by atoms with van der Waals surface area (Å²) in [4.78, 5) is 14.2. The monoisotopic (exact) mass is 265 g/mol. The van der Waals surface area contributed by atoms with Gasteiger partial charge >= 0.3 is 0 Å². The van der Waals surface area contributed by atoms with Crippen molar-refractivity contribution >= 4 is 11.6 Å². The fraction of sp³-hybridized carbons (Fsp3) is 0.500. The van der Waals surface area contributed by atoms with Crippen molar-refractivity contribution in [2.45, 2.75) is 31.8 Å². The van der Waals surface area contributed by atoms with Crippen LogP contribution in [0.15, 0.2) is 24.3 Å². The van der Waals surface area contributed by atoms with Gasteiger partial charge in [0.05, 0.1) is 0 Å². The van der Waals surface area contributed by atoms with E-state index < -0.39 is 0 Å². The smallest absolute Gasteiger partial charge is 0.242 e. The number of anilines is 1. The van der Waals surface area contributed by atoms with Crippen molar-refractivity contribution in [1.29, 1.82) is 0 Å². The SMILES string of the molecule is CC1CCN(c2ccc(F)cc2)C(CCN)C(=O)N1. The maximum Gasteiger partial charge on any atom is 0.242 e. The molecule has 1 amide bonds. The number of hydrogen-bond acceptors (Lipinski definition) is 3. The second-order valence-corrected chi connectivity index (χ2v) is 4.96. The Morgan fingerprint density at radius 3 is 2.74 bits per heavy atom. The molecule has 2 rings (SSSR count). The molecule has 5 heteroatoms. The highest BCUT2D eigenvalue weighted by atomic mass is 19.1. The van der Waals surface area contributed by atoms with Gasteiger partial charge in [-0.3, -0.25) is 4.79 Å². The van der Waals surface area contributed by atoms with E-state index in [0.29, 0.717) is 13.0 Å². The van der Waals surface area contributed by atoms with Crippen LogP contribution >= 0.6 is 0 Å². The summed E-state index contributed by atoms with van der Waals surface area (Å²) in [5.41, 5.74) is 6.47. The Morgan fingerprint density at radius 1 is 1.42 bits per heavy atom. The molecule has 0 spiro atoms. The highest BCUT2D eigenvalue weighted by Gasteiger charge is 2.29. The standard InChI is InChI=1S/C14H20FN3O/c1-10-7-9-18(12-4-2-11(15)3-5-12)13(6-8-16)14(19)17-10/h2-5,10,13H,6-9,16H2,1H3,(H,17,19). The Kier molecular flexibility index (Phi) is 4.37. The maximum absolute atomic E-state index is 13.0. The lowest BCUT2D eigenvalue weighted by Crippen LogP contribution is -2.46. The molecule has 1 aliphatic heterocycles. The molecule has 104 valence electrons. The van der Waals surface area contributed by atoms with Crippen molar-refractivity contribution in [1.82, 2.24) is 5.32 Å². The number of benzene rings is 1. The van der Waals surface area contributed by atoms with E-state index >= 15 is 0 Å². The topological polar surface area (TPSA) is 58.4 Å². The quantitative estimate of drug-likeness (QED) is 0.865. The van der Waals surface area contributed by atoms with Gasteiger partial charge in [-0.15, -0.1) is 0 Å². The lowest BCUT2D eigenvalue weighted by Gasteiger charge is -2.30. The molecule has 0 radical (unpaired) electrons. The van der Waals surface area contributed by atoms with E-state index in [1.54, 1.807) is 12.1 Å². The average molecular weight is 265 g/mol. The Bertz CT molecular complexity index is 435. The molecule has 2 atom stereocenters. The summed E-state index contributed by atoms with van der Waals surface area (Å²) in [6.07, 6.45) is 1.46. The number of amides is 1. The molecule has 0 aromatic heterocycles. The van der Waals surface area contributed by atoms with Gasteiger partial charge in [-0.05, 0) is 50.6 Å². The molecular weight excluding hydrogens is 245 g/mol. The molecule has 4 nitrogen and oxygen atoms in total. The van der Waals surface area contributed by atoms with E-state index in [0.717, 1.165) is 18.7 Å². The van der Waals surface area contributed by atoms with Crippen LogP contribution in [0.3, 0.4) is 0 Å². The molecule has 1 fully saturated rings. The number of carbonyl (C=O) groups is 1. The van der Waals surface area contributed by atoms with Crippen LogP contribution in [-0.4, -0.2) is 31.1 Å². The summed E-state index contributed by atoms with van der Waals surface area (Å²) in [5, 5.41) is 2.98. The van der Waals surface area contributed by atoms with Crippen molar-refractivity contribution in [2.24, 2.45) is 5.73 Å². The lowest BCUT2D eigenvalue weighted by molar-refractivity contribution is -0.122. The predicted molar refractivity (Wildman–Crippen MR) is 73.4 cm³/mol. The van der Waals surface area contributed by atoms with Crippen molar-refractivity contribution in [2.75, 3.05) is 18.0 Å². The van der Waals surface area contributed by atoms with Crippen LogP contribution in [0.5, 0.6) is 0 Å². The first kappa shape index (κ1) is 13.8. The van der Waals surface area contributed by atoms with E-state index in [1.807, 2.05) is 11.8 Å².